The van der Waals surface area contributed by atoms with Crippen LogP contribution < -0.4 is 5.32 Å². The van der Waals surface area contributed by atoms with Crippen molar-refractivity contribution in [2.24, 2.45) is 0 Å². The normalized spacial score (nSPS) is 11.5. The molecule has 0 aromatic heterocycles. The van der Waals surface area contributed by atoms with Gasteiger partial charge in [0.2, 0.25) is 5.91 Å². The van der Waals surface area contributed by atoms with Crippen molar-refractivity contribution in [3.8, 4) is 0 Å². The summed E-state index contributed by atoms with van der Waals surface area (Å²) < 4.78 is 0. The molecule has 0 bridgehead atoms. The summed E-state index contributed by atoms with van der Waals surface area (Å²) >= 11 is 0. The van der Waals surface area contributed by atoms with Crippen molar-refractivity contribution in [3.05, 3.63) is 41.0 Å². The van der Waals surface area contributed by atoms with Crippen LogP contribution in [0.25, 0.3) is 6.08 Å². The van der Waals surface area contributed by atoms with Crippen LogP contribution in [0.1, 0.15) is 63.1 Å². The Kier molecular flexibility index (Phi) is 5.81. The lowest BCUT2D eigenvalue weighted by atomic mass is 9.88. The number of hydrogen-bond acceptors (Lipinski definition) is 1. The summed E-state index contributed by atoms with van der Waals surface area (Å²) in [5, 5.41) is 2.79. The predicted octanol–water partition coefficient (Wildman–Crippen LogP) is 4.08. The molecule has 0 radical (unpaired) electrons. The molecule has 0 aliphatic heterocycles. The van der Waals surface area contributed by atoms with E-state index in [4.69, 9.17) is 0 Å². The smallest absolute Gasteiger partial charge is 0.217 e. The second-order valence-corrected chi connectivity index (χ2v) is 5.50. The lowest BCUT2D eigenvalue weighted by molar-refractivity contribution is -0.118. The van der Waals surface area contributed by atoms with Gasteiger partial charge in [0.15, 0.2) is 0 Å². The molecule has 0 aliphatic rings. The molecule has 1 aromatic carbocycles. The Hall–Kier alpha value is -1.57. The maximum absolute atomic E-state index is 10.9. The van der Waals surface area contributed by atoms with Crippen LogP contribution in [0, 0.1) is 0 Å². The van der Waals surface area contributed by atoms with Crippen LogP contribution in [-0.2, 0) is 4.79 Å². The van der Waals surface area contributed by atoms with E-state index in [1.54, 1.807) is 0 Å². The second kappa shape index (κ2) is 7.13. The van der Waals surface area contributed by atoms with E-state index in [0.29, 0.717) is 18.4 Å². The van der Waals surface area contributed by atoms with Gasteiger partial charge in [0.25, 0.3) is 0 Å². The topological polar surface area (TPSA) is 29.1 Å². The van der Waals surface area contributed by atoms with Gasteiger partial charge in [-0.3, -0.25) is 4.79 Å². The second-order valence-electron chi connectivity index (χ2n) is 5.50. The SMILES string of the molecule is CC(=O)NCC=Cc1c(C(C)C)cccc1C(C)C. The van der Waals surface area contributed by atoms with E-state index < -0.39 is 0 Å². The molecule has 1 rings (SSSR count). The Morgan fingerprint density at radius 2 is 1.68 bits per heavy atom. The minimum absolute atomic E-state index is 0.00544. The third-order valence-corrected chi connectivity index (χ3v) is 3.17. The summed E-state index contributed by atoms with van der Waals surface area (Å²) in [5.74, 6) is 1.00. The maximum Gasteiger partial charge on any atom is 0.217 e. The largest absolute Gasteiger partial charge is 0.353 e. The van der Waals surface area contributed by atoms with Gasteiger partial charge in [-0.1, -0.05) is 58.0 Å². The third kappa shape index (κ3) is 4.55. The van der Waals surface area contributed by atoms with Crippen molar-refractivity contribution in [1.82, 2.24) is 5.32 Å². The van der Waals surface area contributed by atoms with Gasteiger partial charge in [-0.25, -0.2) is 0 Å². The number of benzene rings is 1. The Morgan fingerprint density at radius 3 is 2.11 bits per heavy atom. The Labute approximate surface area is 116 Å². The van der Waals surface area contributed by atoms with E-state index in [0.717, 1.165) is 0 Å². The molecule has 0 heterocycles. The third-order valence-electron chi connectivity index (χ3n) is 3.17. The maximum atomic E-state index is 10.9. The summed E-state index contributed by atoms with van der Waals surface area (Å²) in [7, 11) is 0. The van der Waals surface area contributed by atoms with Gasteiger partial charge in [0, 0.05) is 13.5 Å². The Morgan fingerprint density at radius 1 is 1.16 bits per heavy atom. The molecule has 2 heteroatoms. The molecule has 19 heavy (non-hydrogen) atoms. The molecule has 104 valence electrons. The van der Waals surface area contributed by atoms with Crippen LogP contribution in [0.3, 0.4) is 0 Å². The number of hydrogen-bond donors (Lipinski definition) is 1. The van der Waals surface area contributed by atoms with Crippen LogP contribution in [0.15, 0.2) is 24.3 Å². The highest BCUT2D eigenvalue weighted by atomic mass is 16.1. The molecule has 1 aromatic rings. The summed E-state index contributed by atoms with van der Waals surface area (Å²) in [6.07, 6.45) is 4.16. The number of nitrogens with one attached hydrogen (secondary N) is 1. The average Bonchev–Trinajstić information content (AvgIpc) is 2.33. The molecule has 0 saturated carbocycles. The summed E-state index contributed by atoms with van der Waals surface area (Å²) in [4.78, 5) is 10.9. The lowest BCUT2D eigenvalue weighted by Gasteiger charge is -2.17. The van der Waals surface area contributed by atoms with Crippen LogP contribution >= 0.6 is 0 Å². The van der Waals surface area contributed by atoms with Gasteiger partial charge in [-0.2, -0.15) is 0 Å². The van der Waals surface area contributed by atoms with Gasteiger partial charge in [0.05, 0.1) is 0 Å². The number of rotatable bonds is 5. The zero-order chi connectivity index (χ0) is 14.4. The van der Waals surface area contributed by atoms with Crippen molar-refractivity contribution < 1.29 is 4.79 Å². The van der Waals surface area contributed by atoms with Crippen LogP contribution in [0.5, 0.6) is 0 Å². The average molecular weight is 259 g/mol. The highest BCUT2D eigenvalue weighted by molar-refractivity contribution is 5.73. The van der Waals surface area contributed by atoms with Crippen molar-refractivity contribution in [1.29, 1.82) is 0 Å². The van der Waals surface area contributed by atoms with E-state index in [2.05, 4.69) is 57.3 Å². The molecule has 0 aliphatic carbocycles. The van der Waals surface area contributed by atoms with Gasteiger partial charge in [0.1, 0.15) is 0 Å². The first-order chi connectivity index (χ1) is 8.93. The van der Waals surface area contributed by atoms with E-state index >= 15 is 0 Å². The number of carbonyl (C=O) groups is 1. The van der Waals surface area contributed by atoms with Crippen LogP contribution in [0.2, 0.25) is 0 Å². The molecule has 0 fully saturated rings. The van der Waals surface area contributed by atoms with Gasteiger partial charge >= 0.3 is 0 Å². The number of carbonyl (C=O) groups excluding carboxylic acids is 1. The fourth-order valence-electron chi connectivity index (χ4n) is 2.18. The fraction of sp³-hybridized carbons (Fsp3) is 0.471. The summed E-state index contributed by atoms with van der Waals surface area (Å²) in [6.45, 7) is 11.0. The van der Waals surface area contributed by atoms with Crippen LogP contribution in [0.4, 0.5) is 0 Å². The molecule has 0 saturated heterocycles. The first-order valence-electron chi connectivity index (χ1n) is 6.97. The predicted molar refractivity (Wildman–Crippen MR) is 82.3 cm³/mol. The molecular formula is C17H25NO. The van der Waals surface area contributed by atoms with E-state index in [9.17, 15) is 4.79 Å². The molecule has 0 spiro atoms. The van der Waals surface area contributed by atoms with Crippen molar-refractivity contribution in [2.75, 3.05) is 6.54 Å². The van der Waals surface area contributed by atoms with Crippen molar-refractivity contribution in [3.63, 3.8) is 0 Å². The minimum atomic E-state index is 0.00544. The van der Waals surface area contributed by atoms with E-state index in [1.807, 2.05) is 6.08 Å². The molecule has 0 atom stereocenters. The monoisotopic (exact) mass is 259 g/mol. The summed E-state index contributed by atoms with van der Waals surface area (Å²) in [5.41, 5.74) is 4.04. The van der Waals surface area contributed by atoms with Crippen molar-refractivity contribution in [2.45, 2.75) is 46.5 Å². The van der Waals surface area contributed by atoms with Crippen molar-refractivity contribution >= 4 is 12.0 Å². The van der Waals surface area contributed by atoms with Gasteiger partial charge < -0.3 is 5.32 Å². The molecule has 1 N–H and O–H groups in total. The molecular weight excluding hydrogens is 234 g/mol. The summed E-state index contributed by atoms with van der Waals surface area (Å²) in [6, 6.07) is 6.51. The lowest BCUT2D eigenvalue weighted by Crippen LogP contribution is -2.19. The molecule has 1 amide bonds. The zero-order valence-electron chi connectivity index (χ0n) is 12.7. The highest BCUT2D eigenvalue weighted by Gasteiger charge is 2.10. The first kappa shape index (κ1) is 15.5. The standard InChI is InChI=1S/C17H25NO/c1-12(2)15-8-6-9-16(13(3)4)17(15)10-7-11-18-14(5)19/h6-10,12-13H,11H2,1-5H3,(H,18,19). The first-order valence-corrected chi connectivity index (χ1v) is 6.97. The Bertz CT molecular complexity index is 432. The Balaban J connectivity index is 3.04. The highest BCUT2D eigenvalue weighted by Crippen LogP contribution is 2.28. The van der Waals surface area contributed by atoms with E-state index in [-0.39, 0.29) is 5.91 Å². The van der Waals surface area contributed by atoms with Gasteiger partial charge in [-0.15, -0.1) is 0 Å². The zero-order valence-corrected chi connectivity index (χ0v) is 12.7. The van der Waals surface area contributed by atoms with Crippen LogP contribution in [-0.4, -0.2) is 12.5 Å². The van der Waals surface area contributed by atoms with Gasteiger partial charge in [-0.05, 0) is 28.5 Å². The molecule has 2 nitrogen and oxygen atoms in total. The fourth-order valence-corrected chi connectivity index (χ4v) is 2.18. The number of amides is 1. The van der Waals surface area contributed by atoms with E-state index in [1.165, 1.54) is 23.6 Å². The quantitative estimate of drug-likeness (QED) is 0.848. The molecule has 0 unspecified atom stereocenters. The minimum Gasteiger partial charge on any atom is -0.353 e.